The van der Waals surface area contributed by atoms with Gasteiger partial charge >= 0.3 is 0 Å². The average molecular weight is 346 g/mol. The van der Waals surface area contributed by atoms with Crippen molar-refractivity contribution in [1.82, 2.24) is 4.90 Å². The first kappa shape index (κ1) is 17.3. The van der Waals surface area contributed by atoms with Gasteiger partial charge in [0, 0.05) is 24.8 Å². The number of sulfone groups is 1. The highest BCUT2D eigenvalue weighted by atomic mass is 32.2. The van der Waals surface area contributed by atoms with Gasteiger partial charge in [-0.2, -0.15) is 0 Å². The number of nitrogens with zero attached hydrogens (tertiary/aromatic N) is 1. The van der Waals surface area contributed by atoms with Gasteiger partial charge in [0.25, 0.3) is 0 Å². The standard InChI is InChI=1S/C14H16F2N2O4S/c1-18(10-4-5-23(21,22)8-10)14(20)7-13(19)17-9-2-3-11(15)12(16)6-9/h2-3,6,10H,4-5,7-8H2,1H3,(H,17,19). The minimum absolute atomic E-state index is 0.0241. The zero-order valence-corrected chi connectivity index (χ0v) is 13.2. The molecule has 1 unspecified atom stereocenters. The normalized spacial score (nSPS) is 19.3. The van der Waals surface area contributed by atoms with Crippen LogP contribution in [0.1, 0.15) is 12.8 Å². The van der Waals surface area contributed by atoms with E-state index < -0.39 is 45.7 Å². The van der Waals surface area contributed by atoms with Crippen LogP contribution in [0.15, 0.2) is 18.2 Å². The first-order valence-corrected chi connectivity index (χ1v) is 8.71. The van der Waals surface area contributed by atoms with Gasteiger partial charge in [-0.1, -0.05) is 0 Å². The van der Waals surface area contributed by atoms with Crippen molar-refractivity contribution in [2.45, 2.75) is 18.9 Å². The van der Waals surface area contributed by atoms with Gasteiger partial charge in [-0.15, -0.1) is 0 Å². The Morgan fingerprint density at radius 2 is 2.00 bits per heavy atom. The van der Waals surface area contributed by atoms with Crippen molar-refractivity contribution in [1.29, 1.82) is 0 Å². The molecular weight excluding hydrogens is 330 g/mol. The van der Waals surface area contributed by atoms with E-state index in [9.17, 15) is 26.8 Å². The molecule has 1 fully saturated rings. The lowest BCUT2D eigenvalue weighted by Gasteiger charge is -2.23. The molecule has 0 saturated carbocycles. The zero-order valence-electron chi connectivity index (χ0n) is 12.4. The second-order valence-electron chi connectivity index (χ2n) is 5.42. The SMILES string of the molecule is CN(C(=O)CC(=O)Nc1ccc(F)c(F)c1)C1CCS(=O)(=O)C1. The van der Waals surface area contributed by atoms with E-state index in [4.69, 9.17) is 0 Å². The van der Waals surface area contributed by atoms with Crippen molar-refractivity contribution >= 4 is 27.3 Å². The highest BCUT2D eigenvalue weighted by Gasteiger charge is 2.33. The molecule has 1 aliphatic rings. The Morgan fingerprint density at radius 1 is 1.30 bits per heavy atom. The fraction of sp³-hybridized carbons (Fsp3) is 0.429. The molecule has 1 atom stereocenters. The molecule has 9 heteroatoms. The molecule has 1 heterocycles. The smallest absolute Gasteiger partial charge is 0.233 e. The molecular formula is C14H16F2N2O4S. The molecule has 0 spiro atoms. The number of rotatable bonds is 4. The lowest BCUT2D eigenvalue weighted by Crippen LogP contribution is -2.39. The Hall–Kier alpha value is -2.03. The summed E-state index contributed by atoms with van der Waals surface area (Å²) in [4.78, 5) is 25.0. The molecule has 0 aliphatic carbocycles. The molecule has 0 radical (unpaired) electrons. The van der Waals surface area contributed by atoms with E-state index in [2.05, 4.69) is 5.32 Å². The van der Waals surface area contributed by atoms with Crippen molar-refractivity contribution in [3.63, 3.8) is 0 Å². The Bertz CT molecular complexity index is 736. The molecule has 2 rings (SSSR count). The number of nitrogens with one attached hydrogen (secondary N) is 1. The Morgan fingerprint density at radius 3 is 2.57 bits per heavy atom. The van der Waals surface area contributed by atoms with Crippen molar-refractivity contribution < 1.29 is 26.8 Å². The summed E-state index contributed by atoms with van der Waals surface area (Å²) in [6.07, 6.45) is -0.165. The Balaban J connectivity index is 1.91. The molecule has 1 aromatic rings. The number of hydrogen-bond acceptors (Lipinski definition) is 4. The summed E-state index contributed by atoms with van der Waals surface area (Å²) in [5.74, 6) is -3.46. The van der Waals surface area contributed by atoms with Gasteiger partial charge in [0.1, 0.15) is 6.42 Å². The van der Waals surface area contributed by atoms with Gasteiger partial charge in [-0.3, -0.25) is 9.59 Å². The van der Waals surface area contributed by atoms with Crippen molar-refractivity contribution in [3.05, 3.63) is 29.8 Å². The van der Waals surface area contributed by atoms with Gasteiger partial charge in [0.15, 0.2) is 21.5 Å². The van der Waals surface area contributed by atoms with Crippen LogP contribution in [0.2, 0.25) is 0 Å². The number of benzene rings is 1. The van der Waals surface area contributed by atoms with Crippen molar-refractivity contribution in [3.8, 4) is 0 Å². The first-order chi connectivity index (χ1) is 10.7. The van der Waals surface area contributed by atoms with Gasteiger partial charge in [-0.05, 0) is 18.6 Å². The second-order valence-corrected chi connectivity index (χ2v) is 7.64. The van der Waals surface area contributed by atoms with E-state index >= 15 is 0 Å². The summed E-state index contributed by atoms with van der Waals surface area (Å²) in [7, 11) is -1.69. The maximum atomic E-state index is 13.0. The van der Waals surface area contributed by atoms with Gasteiger partial charge in [0.2, 0.25) is 11.8 Å². The van der Waals surface area contributed by atoms with Crippen molar-refractivity contribution in [2.24, 2.45) is 0 Å². The molecule has 1 aromatic carbocycles. The minimum Gasteiger partial charge on any atom is -0.341 e. The Labute approximate surface area is 132 Å². The third-order valence-electron chi connectivity index (χ3n) is 3.66. The van der Waals surface area contributed by atoms with E-state index in [1.807, 2.05) is 0 Å². The number of carbonyl (C=O) groups excluding carboxylic acids is 2. The van der Waals surface area contributed by atoms with Crippen LogP contribution in [0.25, 0.3) is 0 Å². The lowest BCUT2D eigenvalue weighted by molar-refractivity contribution is -0.134. The van der Waals surface area contributed by atoms with Gasteiger partial charge < -0.3 is 10.2 Å². The summed E-state index contributed by atoms with van der Waals surface area (Å²) >= 11 is 0. The van der Waals surface area contributed by atoms with Crippen LogP contribution in [0, 0.1) is 11.6 Å². The quantitative estimate of drug-likeness (QED) is 0.823. The lowest BCUT2D eigenvalue weighted by atomic mass is 10.2. The second kappa shape index (κ2) is 6.61. The van der Waals surface area contributed by atoms with Gasteiger partial charge in [-0.25, -0.2) is 17.2 Å². The van der Waals surface area contributed by atoms with E-state index in [-0.39, 0.29) is 17.2 Å². The summed E-state index contributed by atoms with van der Waals surface area (Å²) in [6.45, 7) is 0. The molecule has 126 valence electrons. The predicted octanol–water partition coefficient (Wildman–Crippen LogP) is 0.939. The Kier molecular flexibility index (Phi) is 4.98. The van der Waals surface area contributed by atoms with Crippen LogP contribution in [0.5, 0.6) is 0 Å². The summed E-state index contributed by atoms with van der Waals surface area (Å²) in [6, 6.07) is 2.41. The highest BCUT2D eigenvalue weighted by Crippen LogP contribution is 2.18. The molecule has 23 heavy (non-hydrogen) atoms. The number of anilines is 1. The summed E-state index contributed by atoms with van der Waals surface area (Å²) in [5, 5.41) is 2.29. The van der Waals surface area contributed by atoms with Crippen LogP contribution >= 0.6 is 0 Å². The maximum Gasteiger partial charge on any atom is 0.233 e. The third kappa shape index (κ3) is 4.47. The molecule has 0 aromatic heterocycles. The molecule has 0 bridgehead atoms. The average Bonchev–Trinajstić information content (AvgIpc) is 2.82. The predicted molar refractivity (Wildman–Crippen MR) is 79.4 cm³/mol. The molecule has 1 aliphatic heterocycles. The van der Waals surface area contributed by atoms with Crippen molar-refractivity contribution in [2.75, 3.05) is 23.9 Å². The number of halogens is 2. The summed E-state index contributed by atoms with van der Waals surface area (Å²) < 4.78 is 48.6. The van der Waals surface area contributed by atoms with E-state index in [0.29, 0.717) is 6.42 Å². The fourth-order valence-electron chi connectivity index (χ4n) is 2.33. The largest absolute Gasteiger partial charge is 0.341 e. The van der Waals surface area contributed by atoms with Crippen LogP contribution in [-0.4, -0.2) is 49.7 Å². The first-order valence-electron chi connectivity index (χ1n) is 6.89. The number of carbonyl (C=O) groups is 2. The summed E-state index contributed by atoms with van der Waals surface area (Å²) in [5.41, 5.74) is 0.0350. The topological polar surface area (TPSA) is 83.6 Å². The van der Waals surface area contributed by atoms with Crippen LogP contribution in [0.3, 0.4) is 0 Å². The third-order valence-corrected chi connectivity index (χ3v) is 5.42. The fourth-order valence-corrected chi connectivity index (χ4v) is 4.10. The number of amides is 2. The number of hydrogen-bond donors (Lipinski definition) is 1. The van der Waals surface area contributed by atoms with Crippen LogP contribution in [0.4, 0.5) is 14.5 Å². The maximum absolute atomic E-state index is 13.0. The van der Waals surface area contributed by atoms with E-state index in [1.54, 1.807) is 0 Å². The minimum atomic E-state index is -3.13. The van der Waals surface area contributed by atoms with E-state index in [1.165, 1.54) is 18.0 Å². The molecule has 1 N–H and O–H groups in total. The van der Waals surface area contributed by atoms with Gasteiger partial charge in [0.05, 0.1) is 11.5 Å². The highest BCUT2D eigenvalue weighted by molar-refractivity contribution is 7.91. The monoisotopic (exact) mass is 346 g/mol. The van der Waals surface area contributed by atoms with Crippen LogP contribution < -0.4 is 5.32 Å². The van der Waals surface area contributed by atoms with E-state index in [0.717, 1.165) is 12.1 Å². The molecule has 6 nitrogen and oxygen atoms in total. The molecule has 2 amide bonds. The van der Waals surface area contributed by atoms with Crippen LogP contribution in [-0.2, 0) is 19.4 Å². The molecule has 1 saturated heterocycles. The zero-order chi connectivity index (χ0) is 17.2.